The number of ketones is 1. The van der Waals surface area contributed by atoms with Crippen LogP contribution in [0.1, 0.15) is 30.1 Å². The number of hydrogen-bond acceptors (Lipinski definition) is 4. The Labute approximate surface area is 114 Å². The number of carbonyl (C=O) groups excluding carboxylic acids is 1. The first-order valence-corrected chi connectivity index (χ1v) is 6.86. The Morgan fingerprint density at radius 2 is 1.89 bits per heavy atom. The van der Waals surface area contributed by atoms with Crippen LogP contribution in [-0.2, 0) is 0 Å². The van der Waals surface area contributed by atoms with Gasteiger partial charge in [-0.1, -0.05) is 12.1 Å². The van der Waals surface area contributed by atoms with E-state index >= 15 is 0 Å². The van der Waals surface area contributed by atoms with E-state index in [4.69, 9.17) is 11.5 Å². The van der Waals surface area contributed by atoms with E-state index in [9.17, 15) is 4.79 Å². The Kier molecular flexibility index (Phi) is 4.22. The van der Waals surface area contributed by atoms with E-state index in [0.29, 0.717) is 13.1 Å². The van der Waals surface area contributed by atoms with E-state index in [-0.39, 0.29) is 11.2 Å². The van der Waals surface area contributed by atoms with Crippen LogP contribution in [0.25, 0.3) is 0 Å². The highest BCUT2D eigenvalue weighted by molar-refractivity contribution is 5.94. The molecule has 0 aliphatic carbocycles. The minimum absolute atomic E-state index is 0.106. The van der Waals surface area contributed by atoms with Gasteiger partial charge in [-0.25, -0.2) is 0 Å². The van der Waals surface area contributed by atoms with E-state index in [1.807, 2.05) is 18.2 Å². The molecule has 0 unspecified atom stereocenters. The van der Waals surface area contributed by atoms with Crippen LogP contribution in [0.15, 0.2) is 24.3 Å². The highest BCUT2D eigenvalue weighted by atomic mass is 16.1. The predicted octanol–water partition coefficient (Wildman–Crippen LogP) is 1.39. The van der Waals surface area contributed by atoms with Crippen LogP contribution < -0.4 is 16.4 Å². The number of anilines is 1. The van der Waals surface area contributed by atoms with Gasteiger partial charge in [-0.15, -0.1) is 0 Å². The van der Waals surface area contributed by atoms with Crippen LogP contribution in [-0.4, -0.2) is 32.0 Å². The van der Waals surface area contributed by atoms with Gasteiger partial charge in [0, 0.05) is 24.3 Å². The summed E-state index contributed by atoms with van der Waals surface area (Å²) in [5, 5.41) is 0. The van der Waals surface area contributed by atoms with E-state index < -0.39 is 0 Å². The van der Waals surface area contributed by atoms with Gasteiger partial charge in [-0.05, 0) is 50.4 Å². The monoisotopic (exact) mass is 261 g/mol. The Balaban J connectivity index is 2.09. The quantitative estimate of drug-likeness (QED) is 0.803. The summed E-state index contributed by atoms with van der Waals surface area (Å²) >= 11 is 0. The molecule has 19 heavy (non-hydrogen) atoms. The van der Waals surface area contributed by atoms with Gasteiger partial charge in [0.2, 0.25) is 0 Å². The van der Waals surface area contributed by atoms with Crippen molar-refractivity contribution in [2.75, 3.05) is 31.1 Å². The van der Waals surface area contributed by atoms with Gasteiger partial charge in [0.15, 0.2) is 5.78 Å². The van der Waals surface area contributed by atoms with Crippen molar-refractivity contribution >= 4 is 11.5 Å². The number of piperidine rings is 1. The van der Waals surface area contributed by atoms with Crippen molar-refractivity contribution in [1.82, 2.24) is 0 Å². The molecule has 1 heterocycles. The van der Waals surface area contributed by atoms with Crippen LogP contribution in [0.3, 0.4) is 0 Å². The maximum Gasteiger partial charge on any atom is 0.159 e. The van der Waals surface area contributed by atoms with Crippen molar-refractivity contribution in [1.29, 1.82) is 0 Å². The molecule has 0 atom stereocenters. The second-order valence-corrected chi connectivity index (χ2v) is 5.50. The first-order chi connectivity index (χ1) is 9.10. The Morgan fingerprint density at radius 1 is 1.26 bits per heavy atom. The smallest absolute Gasteiger partial charge is 0.159 e. The Morgan fingerprint density at radius 3 is 2.42 bits per heavy atom. The van der Waals surface area contributed by atoms with E-state index in [1.54, 1.807) is 6.92 Å². The molecule has 1 aliphatic heterocycles. The van der Waals surface area contributed by atoms with Gasteiger partial charge in [-0.2, -0.15) is 0 Å². The molecule has 4 nitrogen and oxygen atoms in total. The lowest BCUT2D eigenvalue weighted by Crippen LogP contribution is -2.47. The average Bonchev–Trinajstić information content (AvgIpc) is 2.47. The molecule has 1 aliphatic rings. The van der Waals surface area contributed by atoms with Gasteiger partial charge in [-0.3, -0.25) is 4.79 Å². The van der Waals surface area contributed by atoms with Crippen LogP contribution in [0.4, 0.5) is 5.69 Å². The summed E-state index contributed by atoms with van der Waals surface area (Å²) in [5.74, 6) is 0.108. The third-order valence-corrected chi connectivity index (χ3v) is 4.31. The lowest BCUT2D eigenvalue weighted by molar-refractivity contribution is 0.101. The van der Waals surface area contributed by atoms with Crippen molar-refractivity contribution in [3.8, 4) is 0 Å². The highest BCUT2D eigenvalue weighted by Crippen LogP contribution is 2.31. The van der Waals surface area contributed by atoms with E-state index in [1.165, 1.54) is 0 Å². The number of nitrogens with zero attached hydrogens (tertiary/aromatic N) is 1. The maximum atomic E-state index is 11.4. The second-order valence-electron chi connectivity index (χ2n) is 5.50. The Hall–Kier alpha value is -1.39. The first-order valence-electron chi connectivity index (χ1n) is 6.86. The molecule has 4 heteroatoms. The maximum absolute atomic E-state index is 11.4. The van der Waals surface area contributed by atoms with Gasteiger partial charge >= 0.3 is 0 Å². The van der Waals surface area contributed by atoms with Crippen molar-refractivity contribution in [3.05, 3.63) is 29.8 Å². The number of carbonyl (C=O) groups is 1. The molecule has 104 valence electrons. The fourth-order valence-corrected chi connectivity index (χ4v) is 2.65. The molecule has 0 radical (unpaired) electrons. The fourth-order valence-electron chi connectivity index (χ4n) is 2.65. The standard InChI is InChI=1S/C15H23N3O/c1-12(19)13-3-2-4-14(9-13)18-7-5-15(10-16,11-17)6-8-18/h2-4,9H,5-8,10-11,16-17H2,1H3. The fraction of sp³-hybridized carbons (Fsp3) is 0.533. The van der Waals surface area contributed by atoms with Crippen molar-refractivity contribution < 1.29 is 4.79 Å². The average molecular weight is 261 g/mol. The summed E-state index contributed by atoms with van der Waals surface area (Å²) in [6.07, 6.45) is 2.04. The molecular weight excluding hydrogens is 238 g/mol. The molecule has 1 aromatic rings. The van der Waals surface area contributed by atoms with Gasteiger partial charge in [0.1, 0.15) is 0 Å². The summed E-state index contributed by atoms with van der Waals surface area (Å²) in [6, 6.07) is 7.84. The third-order valence-electron chi connectivity index (χ3n) is 4.31. The van der Waals surface area contributed by atoms with Crippen LogP contribution >= 0.6 is 0 Å². The predicted molar refractivity (Wildman–Crippen MR) is 78.4 cm³/mol. The number of Topliss-reactive ketones (excluding diaryl/α,β-unsaturated/α-hetero) is 1. The topological polar surface area (TPSA) is 72.3 Å². The zero-order chi connectivity index (χ0) is 13.9. The molecule has 0 amide bonds. The second kappa shape index (κ2) is 5.72. The molecule has 1 fully saturated rings. The molecule has 2 rings (SSSR count). The number of rotatable bonds is 4. The van der Waals surface area contributed by atoms with Crippen LogP contribution in [0.5, 0.6) is 0 Å². The summed E-state index contributed by atoms with van der Waals surface area (Å²) in [6.45, 7) is 4.82. The minimum atomic E-state index is 0.106. The zero-order valence-electron chi connectivity index (χ0n) is 11.6. The molecular formula is C15H23N3O. The van der Waals surface area contributed by atoms with Gasteiger partial charge < -0.3 is 16.4 Å². The number of hydrogen-bond donors (Lipinski definition) is 2. The normalized spacial score (nSPS) is 18.4. The first kappa shape index (κ1) is 14.0. The SMILES string of the molecule is CC(=O)c1cccc(N2CCC(CN)(CN)CC2)c1. The van der Waals surface area contributed by atoms with E-state index in [2.05, 4.69) is 11.0 Å². The number of benzene rings is 1. The lowest BCUT2D eigenvalue weighted by atomic mass is 9.78. The largest absolute Gasteiger partial charge is 0.371 e. The molecule has 0 aromatic heterocycles. The van der Waals surface area contributed by atoms with Gasteiger partial charge in [0.25, 0.3) is 0 Å². The summed E-state index contributed by atoms with van der Waals surface area (Å²) < 4.78 is 0. The summed E-state index contributed by atoms with van der Waals surface area (Å²) in [5.41, 5.74) is 13.7. The molecule has 4 N–H and O–H groups in total. The molecule has 1 saturated heterocycles. The molecule has 1 aromatic carbocycles. The van der Waals surface area contributed by atoms with E-state index in [0.717, 1.165) is 37.2 Å². The lowest BCUT2D eigenvalue weighted by Gasteiger charge is -2.41. The number of nitrogens with two attached hydrogens (primary N) is 2. The highest BCUT2D eigenvalue weighted by Gasteiger charge is 2.32. The molecule has 0 spiro atoms. The zero-order valence-corrected chi connectivity index (χ0v) is 11.6. The Bertz CT molecular complexity index is 444. The molecule has 0 saturated carbocycles. The summed E-state index contributed by atoms with van der Waals surface area (Å²) in [4.78, 5) is 13.7. The third kappa shape index (κ3) is 2.96. The van der Waals surface area contributed by atoms with Crippen molar-refractivity contribution in [2.45, 2.75) is 19.8 Å². The van der Waals surface area contributed by atoms with Crippen LogP contribution in [0.2, 0.25) is 0 Å². The van der Waals surface area contributed by atoms with Gasteiger partial charge in [0.05, 0.1) is 0 Å². The minimum Gasteiger partial charge on any atom is -0.371 e. The summed E-state index contributed by atoms with van der Waals surface area (Å²) in [7, 11) is 0. The van der Waals surface area contributed by atoms with Crippen molar-refractivity contribution in [3.63, 3.8) is 0 Å². The van der Waals surface area contributed by atoms with Crippen molar-refractivity contribution in [2.24, 2.45) is 16.9 Å². The molecule has 0 bridgehead atoms. The van der Waals surface area contributed by atoms with Crippen LogP contribution in [0, 0.1) is 5.41 Å².